The molecular weight excluding hydrogens is 317 g/mol. The first-order valence-electron chi connectivity index (χ1n) is 6.76. The van der Waals surface area contributed by atoms with Gasteiger partial charge in [0, 0.05) is 6.04 Å². The van der Waals surface area contributed by atoms with Crippen LogP contribution in [-0.4, -0.2) is 13.1 Å². The molecule has 0 saturated heterocycles. The summed E-state index contributed by atoms with van der Waals surface area (Å²) in [5, 5.41) is 3.33. The smallest absolute Gasteiger partial charge is 0.137 e. The Hall–Kier alpha value is -1.19. The molecule has 2 rings (SSSR count). The Morgan fingerprint density at radius 2 is 1.70 bits per heavy atom. The van der Waals surface area contributed by atoms with E-state index in [0.29, 0.717) is 4.47 Å². The molecule has 0 fully saturated rings. The standard InChI is InChI=1S/C17H19BrFN/c1-12-6-3-4-7-13(12)10-15(20-2)11-14-8-5-9-16(19)17(14)18/h3-9,15,20H,10-11H2,1-2H3. The first-order chi connectivity index (χ1) is 9.61. The normalized spacial score (nSPS) is 12.4. The van der Waals surface area contributed by atoms with Gasteiger partial charge < -0.3 is 5.32 Å². The number of likely N-dealkylation sites (N-methyl/N-ethyl adjacent to an activating group) is 1. The lowest BCUT2D eigenvalue weighted by molar-refractivity contribution is 0.549. The van der Waals surface area contributed by atoms with Gasteiger partial charge in [-0.2, -0.15) is 0 Å². The molecular formula is C17H19BrFN. The van der Waals surface area contributed by atoms with E-state index in [1.807, 2.05) is 13.1 Å². The number of halogens is 2. The fourth-order valence-corrected chi connectivity index (χ4v) is 2.78. The molecule has 1 N–H and O–H groups in total. The number of aryl methyl sites for hydroxylation is 1. The Morgan fingerprint density at radius 3 is 2.40 bits per heavy atom. The highest BCUT2D eigenvalue weighted by Crippen LogP contribution is 2.22. The predicted octanol–water partition coefficient (Wildman–Crippen LogP) is 4.27. The zero-order valence-corrected chi connectivity index (χ0v) is 13.4. The van der Waals surface area contributed by atoms with Crippen molar-refractivity contribution in [2.75, 3.05) is 7.05 Å². The lowest BCUT2D eigenvalue weighted by Gasteiger charge is -2.18. The highest BCUT2D eigenvalue weighted by Gasteiger charge is 2.13. The van der Waals surface area contributed by atoms with Crippen LogP contribution in [0.1, 0.15) is 16.7 Å². The number of nitrogens with one attached hydrogen (secondary N) is 1. The van der Waals surface area contributed by atoms with Crippen LogP contribution in [0.2, 0.25) is 0 Å². The van der Waals surface area contributed by atoms with Crippen molar-refractivity contribution in [3.8, 4) is 0 Å². The average Bonchev–Trinajstić information content (AvgIpc) is 2.45. The van der Waals surface area contributed by atoms with Crippen molar-refractivity contribution in [2.24, 2.45) is 0 Å². The van der Waals surface area contributed by atoms with E-state index in [1.54, 1.807) is 6.07 Å². The molecule has 2 aromatic rings. The third-order valence-electron chi connectivity index (χ3n) is 3.63. The van der Waals surface area contributed by atoms with Gasteiger partial charge in [-0.1, -0.05) is 36.4 Å². The zero-order valence-electron chi connectivity index (χ0n) is 11.8. The number of rotatable bonds is 5. The van der Waals surface area contributed by atoms with Gasteiger partial charge in [-0.05, 0) is 65.5 Å². The molecule has 1 unspecified atom stereocenters. The Morgan fingerprint density at radius 1 is 1.05 bits per heavy atom. The minimum Gasteiger partial charge on any atom is -0.316 e. The minimum absolute atomic E-state index is 0.201. The minimum atomic E-state index is -0.201. The molecule has 20 heavy (non-hydrogen) atoms. The molecule has 0 spiro atoms. The molecule has 0 radical (unpaired) electrons. The molecule has 3 heteroatoms. The largest absolute Gasteiger partial charge is 0.316 e. The van der Waals surface area contributed by atoms with Gasteiger partial charge in [0.15, 0.2) is 0 Å². The second kappa shape index (κ2) is 7.00. The fraction of sp³-hybridized carbons (Fsp3) is 0.294. The first kappa shape index (κ1) is 15.2. The molecule has 0 aliphatic carbocycles. The topological polar surface area (TPSA) is 12.0 Å². The van der Waals surface area contributed by atoms with Crippen molar-refractivity contribution in [1.82, 2.24) is 5.32 Å². The Kier molecular flexibility index (Phi) is 5.32. The summed E-state index contributed by atoms with van der Waals surface area (Å²) in [4.78, 5) is 0. The summed E-state index contributed by atoms with van der Waals surface area (Å²) >= 11 is 3.33. The van der Waals surface area contributed by atoms with Gasteiger partial charge in [0.1, 0.15) is 5.82 Å². The van der Waals surface area contributed by atoms with Crippen LogP contribution in [-0.2, 0) is 12.8 Å². The maximum absolute atomic E-state index is 13.6. The third kappa shape index (κ3) is 3.68. The lowest BCUT2D eigenvalue weighted by Crippen LogP contribution is -2.30. The summed E-state index contributed by atoms with van der Waals surface area (Å²) < 4.78 is 14.1. The number of hydrogen-bond donors (Lipinski definition) is 1. The Bertz CT molecular complexity index is 583. The van der Waals surface area contributed by atoms with Gasteiger partial charge in [0.05, 0.1) is 4.47 Å². The number of benzene rings is 2. The van der Waals surface area contributed by atoms with Crippen LogP contribution in [0.3, 0.4) is 0 Å². The predicted molar refractivity (Wildman–Crippen MR) is 85.5 cm³/mol. The van der Waals surface area contributed by atoms with Gasteiger partial charge in [-0.15, -0.1) is 0 Å². The summed E-state index contributed by atoms with van der Waals surface area (Å²) in [5.41, 5.74) is 3.63. The van der Waals surface area contributed by atoms with Crippen molar-refractivity contribution in [3.63, 3.8) is 0 Å². The van der Waals surface area contributed by atoms with Gasteiger partial charge in [-0.3, -0.25) is 0 Å². The van der Waals surface area contributed by atoms with Crippen LogP contribution >= 0.6 is 15.9 Å². The van der Waals surface area contributed by atoms with Gasteiger partial charge in [-0.25, -0.2) is 4.39 Å². The fourth-order valence-electron chi connectivity index (χ4n) is 2.35. The average molecular weight is 336 g/mol. The van der Waals surface area contributed by atoms with Gasteiger partial charge in [0.2, 0.25) is 0 Å². The van der Waals surface area contributed by atoms with E-state index in [0.717, 1.165) is 18.4 Å². The van der Waals surface area contributed by atoms with E-state index in [4.69, 9.17) is 0 Å². The van der Waals surface area contributed by atoms with Crippen LogP contribution in [0, 0.1) is 12.7 Å². The van der Waals surface area contributed by atoms with E-state index >= 15 is 0 Å². The van der Waals surface area contributed by atoms with E-state index < -0.39 is 0 Å². The lowest BCUT2D eigenvalue weighted by atomic mass is 9.96. The molecule has 0 bridgehead atoms. The molecule has 0 saturated carbocycles. The van der Waals surface area contributed by atoms with Crippen molar-refractivity contribution in [1.29, 1.82) is 0 Å². The summed E-state index contributed by atoms with van der Waals surface area (Å²) in [5.74, 6) is -0.201. The van der Waals surface area contributed by atoms with Crippen LogP contribution in [0.5, 0.6) is 0 Å². The monoisotopic (exact) mass is 335 g/mol. The highest BCUT2D eigenvalue weighted by atomic mass is 79.9. The Labute approximate surface area is 128 Å². The van der Waals surface area contributed by atoms with Gasteiger partial charge >= 0.3 is 0 Å². The molecule has 1 nitrogen and oxygen atoms in total. The quantitative estimate of drug-likeness (QED) is 0.860. The molecule has 0 amide bonds. The van der Waals surface area contributed by atoms with Crippen LogP contribution < -0.4 is 5.32 Å². The zero-order chi connectivity index (χ0) is 14.5. The van der Waals surface area contributed by atoms with E-state index in [9.17, 15) is 4.39 Å². The Balaban J connectivity index is 2.14. The molecule has 2 aromatic carbocycles. The summed E-state index contributed by atoms with van der Waals surface area (Å²) in [7, 11) is 1.95. The van der Waals surface area contributed by atoms with E-state index in [1.165, 1.54) is 17.2 Å². The van der Waals surface area contributed by atoms with Crippen LogP contribution in [0.25, 0.3) is 0 Å². The highest BCUT2D eigenvalue weighted by molar-refractivity contribution is 9.10. The molecule has 1 atom stereocenters. The van der Waals surface area contributed by atoms with Crippen molar-refractivity contribution < 1.29 is 4.39 Å². The summed E-state index contributed by atoms with van der Waals surface area (Å²) in [6.07, 6.45) is 1.73. The molecule has 0 heterocycles. The van der Waals surface area contributed by atoms with Crippen LogP contribution in [0.15, 0.2) is 46.9 Å². The van der Waals surface area contributed by atoms with Crippen molar-refractivity contribution in [2.45, 2.75) is 25.8 Å². The maximum Gasteiger partial charge on any atom is 0.137 e. The van der Waals surface area contributed by atoms with E-state index in [2.05, 4.69) is 52.4 Å². The summed E-state index contributed by atoms with van der Waals surface area (Å²) in [6.45, 7) is 2.13. The van der Waals surface area contributed by atoms with E-state index in [-0.39, 0.29) is 11.9 Å². The molecule has 0 aliphatic heterocycles. The summed E-state index contributed by atoms with van der Waals surface area (Å²) in [6, 6.07) is 13.9. The maximum atomic E-state index is 13.6. The van der Waals surface area contributed by atoms with Crippen molar-refractivity contribution >= 4 is 15.9 Å². The molecule has 0 aromatic heterocycles. The second-order valence-electron chi connectivity index (χ2n) is 5.03. The second-order valence-corrected chi connectivity index (χ2v) is 5.83. The third-order valence-corrected chi connectivity index (χ3v) is 4.52. The molecule has 106 valence electrons. The SMILES string of the molecule is CNC(Cc1ccccc1C)Cc1cccc(F)c1Br. The number of hydrogen-bond acceptors (Lipinski definition) is 1. The van der Waals surface area contributed by atoms with Gasteiger partial charge in [0.25, 0.3) is 0 Å². The van der Waals surface area contributed by atoms with Crippen molar-refractivity contribution in [3.05, 3.63) is 69.4 Å². The molecule has 0 aliphatic rings. The first-order valence-corrected chi connectivity index (χ1v) is 7.55. The van der Waals surface area contributed by atoms with Crippen LogP contribution in [0.4, 0.5) is 4.39 Å².